The molecule has 4 aromatic rings. The van der Waals surface area contributed by atoms with Gasteiger partial charge in [-0.05, 0) is 35.1 Å². The van der Waals surface area contributed by atoms with Crippen molar-refractivity contribution in [2.45, 2.75) is 31.7 Å². The number of hydrogen-bond acceptors (Lipinski definition) is 11. The molecule has 2 aromatic carbocycles. The van der Waals surface area contributed by atoms with E-state index in [2.05, 4.69) is 22.1 Å². The van der Waals surface area contributed by atoms with E-state index in [1.807, 2.05) is 11.0 Å². The van der Waals surface area contributed by atoms with Gasteiger partial charge in [-0.25, -0.2) is 18.2 Å². The largest absolute Gasteiger partial charge is 0.475 e. The average Bonchev–Trinajstić information content (AvgIpc) is 3.25. The first-order valence-corrected chi connectivity index (χ1v) is 14.3. The molecule has 4 heterocycles. The quantitative estimate of drug-likeness (QED) is 0.240. The number of sulfone groups is 1. The number of benzene rings is 1. The lowest BCUT2D eigenvalue weighted by atomic mass is 9.96. The van der Waals surface area contributed by atoms with Crippen LogP contribution in [0.3, 0.4) is 0 Å². The minimum Gasteiger partial charge on any atom is -0.475 e. The summed E-state index contributed by atoms with van der Waals surface area (Å²) in [5.74, 6) is -1.85. The number of aromatic nitrogens is 2. The number of rotatable bonds is 3. The molecule has 0 bridgehead atoms. The second kappa shape index (κ2) is 10.5. The summed E-state index contributed by atoms with van der Waals surface area (Å²) >= 11 is 1.07. The number of fused-ring (bicyclic) bond motifs is 4. The van der Waals surface area contributed by atoms with Crippen LogP contribution in [0, 0.1) is 0 Å². The van der Waals surface area contributed by atoms with Gasteiger partial charge in [-0.1, -0.05) is 18.2 Å². The third-order valence-corrected chi connectivity index (χ3v) is 9.58. The van der Waals surface area contributed by atoms with Gasteiger partial charge >= 0.3 is 5.97 Å². The van der Waals surface area contributed by atoms with Gasteiger partial charge in [0, 0.05) is 24.5 Å². The first-order valence-electron chi connectivity index (χ1n) is 11.6. The Labute approximate surface area is 231 Å². The van der Waals surface area contributed by atoms with Crippen molar-refractivity contribution in [3.8, 4) is 0 Å². The average molecular weight is 594 g/mol. The number of hydrogen-bond donors (Lipinski definition) is 4. The first kappa shape index (κ1) is 28.4. The third-order valence-electron chi connectivity index (χ3n) is 6.72. The number of aromatic carboxylic acids is 1. The zero-order chi connectivity index (χ0) is 27.4. The number of halogens is 1. The van der Waals surface area contributed by atoms with Crippen molar-refractivity contribution in [2.75, 3.05) is 22.9 Å². The monoisotopic (exact) mass is 593 g/mol. The molecule has 0 aliphatic carbocycles. The molecule has 0 saturated heterocycles. The van der Waals surface area contributed by atoms with E-state index in [9.17, 15) is 27.6 Å². The summed E-state index contributed by atoms with van der Waals surface area (Å²) in [6, 6.07) is 6.17. The highest BCUT2D eigenvalue weighted by Crippen LogP contribution is 2.33. The van der Waals surface area contributed by atoms with Crippen molar-refractivity contribution in [3.63, 3.8) is 0 Å². The Morgan fingerprint density at radius 1 is 1.15 bits per heavy atom. The third kappa shape index (κ3) is 5.20. The molecule has 39 heavy (non-hydrogen) atoms. The summed E-state index contributed by atoms with van der Waals surface area (Å²) in [5, 5.41) is 9.15. The number of aromatic amines is 1. The summed E-state index contributed by atoms with van der Waals surface area (Å²) in [5.41, 5.74) is 14.4. The molecular formula is C24H24ClN5O7S2. The Morgan fingerprint density at radius 3 is 2.56 bits per heavy atom. The van der Waals surface area contributed by atoms with Crippen molar-refractivity contribution < 1.29 is 18.3 Å². The molecule has 2 aliphatic heterocycles. The summed E-state index contributed by atoms with van der Waals surface area (Å²) in [4.78, 5) is 54.3. The molecule has 0 amide bonds. The maximum Gasteiger partial charge on any atom is 0.372 e. The fraction of sp³-hybridized carbons (Fsp3) is 0.292. The lowest BCUT2D eigenvalue weighted by molar-refractivity contribution is 0.0683. The zero-order valence-corrected chi connectivity index (χ0v) is 22.8. The van der Waals surface area contributed by atoms with Gasteiger partial charge in [-0.3, -0.25) is 14.4 Å². The van der Waals surface area contributed by atoms with Crippen LogP contribution in [0.5, 0.6) is 0 Å². The molecule has 0 fully saturated rings. The maximum atomic E-state index is 11.9. The fourth-order valence-corrected chi connectivity index (χ4v) is 7.78. The van der Waals surface area contributed by atoms with E-state index >= 15 is 0 Å². The Morgan fingerprint density at radius 2 is 1.90 bits per heavy atom. The summed E-state index contributed by atoms with van der Waals surface area (Å²) in [6.07, 6.45) is 1.12. The predicted molar refractivity (Wildman–Crippen MR) is 150 cm³/mol. The number of H-pyrrole nitrogens is 1. The highest BCUT2D eigenvalue weighted by molar-refractivity contribution is 7.90. The zero-order valence-electron chi connectivity index (χ0n) is 20.4. The SMILES string of the molecule is Cl.NCc1ccc2c(c1)CN(c1c(N)c(=O)c1=O)CC2.O=C(O)c1nc2sc3c(c2c(=O)[nH]1)CCS(=O)(=O)C3. The highest BCUT2D eigenvalue weighted by Gasteiger charge is 2.28. The van der Waals surface area contributed by atoms with E-state index in [1.54, 1.807) is 0 Å². The number of aryl methyl sites for hydroxylation is 1. The van der Waals surface area contributed by atoms with E-state index < -0.39 is 38.0 Å². The molecule has 0 unspecified atom stereocenters. The number of nitrogen functional groups attached to an aromatic ring is 1. The van der Waals surface area contributed by atoms with Gasteiger partial charge in [0.25, 0.3) is 16.4 Å². The predicted octanol–water partition coefficient (Wildman–Crippen LogP) is 0.462. The van der Waals surface area contributed by atoms with Gasteiger partial charge in [0.2, 0.25) is 5.82 Å². The van der Waals surface area contributed by atoms with Crippen LogP contribution in [-0.2, 0) is 41.5 Å². The number of carboxylic acid groups (broad SMARTS) is 1. The number of nitrogens with two attached hydrogens (primary N) is 2. The molecule has 0 atom stereocenters. The Balaban J connectivity index is 0.000000176. The van der Waals surface area contributed by atoms with Crippen molar-refractivity contribution in [2.24, 2.45) is 5.73 Å². The second-order valence-corrected chi connectivity index (χ2v) is 12.4. The van der Waals surface area contributed by atoms with Crippen LogP contribution in [0.1, 0.15) is 37.7 Å². The van der Waals surface area contributed by atoms with Gasteiger partial charge in [0.1, 0.15) is 16.2 Å². The normalized spacial score (nSPS) is 15.6. The van der Waals surface area contributed by atoms with Gasteiger partial charge in [-0.15, -0.1) is 23.7 Å². The molecule has 206 valence electrons. The summed E-state index contributed by atoms with van der Waals surface area (Å²) < 4.78 is 23.1. The smallest absolute Gasteiger partial charge is 0.372 e. The summed E-state index contributed by atoms with van der Waals surface area (Å²) in [7, 11) is -3.13. The molecule has 12 nitrogen and oxygen atoms in total. The van der Waals surface area contributed by atoms with Gasteiger partial charge < -0.3 is 26.5 Å². The van der Waals surface area contributed by atoms with Crippen LogP contribution in [0.25, 0.3) is 10.2 Å². The van der Waals surface area contributed by atoms with Crippen molar-refractivity contribution in [1.29, 1.82) is 0 Å². The van der Waals surface area contributed by atoms with Crippen LogP contribution < -0.4 is 32.8 Å². The number of nitrogens with zero attached hydrogens (tertiary/aromatic N) is 2. The first-order chi connectivity index (χ1) is 18.0. The Bertz CT molecular complexity index is 1860. The molecule has 6 rings (SSSR count). The minimum absolute atomic E-state index is 0. The van der Waals surface area contributed by atoms with Crippen LogP contribution in [0.2, 0.25) is 0 Å². The number of thiophene rings is 1. The molecule has 2 aromatic heterocycles. The molecule has 2 aliphatic rings. The Hall–Kier alpha value is -3.59. The van der Waals surface area contributed by atoms with Crippen molar-refractivity contribution in [3.05, 3.63) is 82.0 Å². The number of carbonyl (C=O) groups is 1. The molecule has 0 saturated carbocycles. The van der Waals surface area contributed by atoms with Crippen molar-refractivity contribution >= 4 is 61.1 Å². The molecule has 6 N–H and O–H groups in total. The van der Waals surface area contributed by atoms with Crippen LogP contribution >= 0.6 is 23.7 Å². The molecule has 0 spiro atoms. The Kier molecular flexibility index (Phi) is 7.67. The number of carboxylic acids is 1. The lowest BCUT2D eigenvalue weighted by Gasteiger charge is -2.31. The minimum atomic E-state index is -3.13. The van der Waals surface area contributed by atoms with E-state index in [0.29, 0.717) is 41.1 Å². The van der Waals surface area contributed by atoms with Crippen LogP contribution in [-0.4, -0.2) is 41.8 Å². The topological polar surface area (TPSA) is 207 Å². The second-order valence-electron chi connectivity index (χ2n) is 9.14. The highest BCUT2D eigenvalue weighted by atomic mass is 35.5. The standard InChI is InChI=1S/C14H15N3O2.C10H8N2O5S2.ClH/c15-6-8-1-2-9-3-4-17(7-10(9)5-8)12-11(16)13(18)14(12)19;13-8-6-4-1-2-19(16,17)3-5(4)18-9(6)12-7(11-8)10(14)15;/h1-2,5H,3-4,6-7,15-16H2;1-3H2,(H,14,15)(H,11,12,13);1H. The van der Waals surface area contributed by atoms with E-state index in [4.69, 9.17) is 16.6 Å². The van der Waals surface area contributed by atoms with Crippen molar-refractivity contribution in [1.82, 2.24) is 9.97 Å². The van der Waals surface area contributed by atoms with Crippen LogP contribution in [0.4, 0.5) is 11.4 Å². The molecule has 15 heteroatoms. The van der Waals surface area contributed by atoms with E-state index in [-0.39, 0.29) is 40.9 Å². The fourth-order valence-electron chi connectivity index (χ4n) is 4.76. The van der Waals surface area contributed by atoms with Gasteiger partial charge in [0.15, 0.2) is 9.84 Å². The molecular weight excluding hydrogens is 570 g/mol. The lowest BCUT2D eigenvalue weighted by Crippen LogP contribution is -2.44. The summed E-state index contributed by atoms with van der Waals surface area (Å²) in [6.45, 7) is 1.82. The number of nitrogens with one attached hydrogen (secondary N) is 1. The van der Waals surface area contributed by atoms with Crippen LogP contribution in [0.15, 0.2) is 32.6 Å². The molecule has 0 radical (unpaired) electrons. The van der Waals surface area contributed by atoms with Gasteiger partial charge in [-0.2, -0.15) is 0 Å². The van der Waals surface area contributed by atoms with E-state index in [1.165, 1.54) is 5.56 Å². The maximum absolute atomic E-state index is 11.9. The number of anilines is 2. The van der Waals surface area contributed by atoms with Gasteiger partial charge in [0.05, 0.1) is 16.9 Å². The van der Waals surface area contributed by atoms with E-state index in [0.717, 1.165) is 28.9 Å².